The lowest BCUT2D eigenvalue weighted by molar-refractivity contribution is 0.0475. The number of carbonyl (C=O) groups excluding carboxylic acids is 1. The highest BCUT2D eigenvalue weighted by Gasteiger charge is 2.14. The number of aryl methyl sites for hydroxylation is 1. The molecule has 0 saturated heterocycles. The summed E-state index contributed by atoms with van der Waals surface area (Å²) in [6.07, 6.45) is 0. The molecule has 2 aromatic carbocycles. The molecule has 5 heteroatoms. The average molecular weight is 334 g/mol. The Bertz CT molecular complexity index is 1020. The lowest BCUT2D eigenvalue weighted by Gasteiger charge is -2.07. The summed E-state index contributed by atoms with van der Waals surface area (Å²) >= 11 is 1.54. The first-order valence-electron chi connectivity index (χ1n) is 7.59. The van der Waals surface area contributed by atoms with Gasteiger partial charge in [0.05, 0.1) is 21.3 Å². The maximum absolute atomic E-state index is 12.5. The topological polar surface area (TPSA) is 52.1 Å². The molecule has 4 rings (SSSR count). The van der Waals surface area contributed by atoms with Crippen molar-refractivity contribution in [2.24, 2.45) is 0 Å². The van der Waals surface area contributed by atoms with E-state index in [0.717, 1.165) is 31.8 Å². The van der Waals surface area contributed by atoms with Gasteiger partial charge in [-0.25, -0.2) is 9.78 Å². The Morgan fingerprint density at radius 2 is 1.79 bits per heavy atom. The first-order chi connectivity index (χ1) is 11.7. The van der Waals surface area contributed by atoms with Crippen molar-refractivity contribution >= 4 is 38.4 Å². The molecule has 0 unspecified atom stereocenters. The van der Waals surface area contributed by atoms with Gasteiger partial charge in [-0.05, 0) is 31.2 Å². The predicted octanol–water partition coefficient (Wildman–Crippen LogP) is 4.51. The number of thiazole rings is 1. The number of fused-ring (bicyclic) bond motifs is 2. The number of ether oxygens (including phenoxy) is 1. The number of hydrogen-bond acceptors (Lipinski definition) is 5. The molecule has 0 fully saturated rings. The maximum Gasteiger partial charge on any atom is 0.339 e. The van der Waals surface area contributed by atoms with Crippen LogP contribution < -0.4 is 0 Å². The van der Waals surface area contributed by atoms with Gasteiger partial charge in [0, 0.05) is 11.1 Å². The Balaban J connectivity index is 1.60. The third-order valence-electron chi connectivity index (χ3n) is 3.73. The number of benzene rings is 2. The van der Waals surface area contributed by atoms with Gasteiger partial charge in [0.15, 0.2) is 0 Å². The van der Waals surface area contributed by atoms with Crippen LogP contribution in [-0.4, -0.2) is 15.9 Å². The molecule has 0 aliphatic carbocycles. The third-order valence-corrected chi connectivity index (χ3v) is 4.74. The van der Waals surface area contributed by atoms with Gasteiger partial charge in [0.2, 0.25) is 0 Å². The highest BCUT2D eigenvalue weighted by Crippen LogP contribution is 2.23. The summed E-state index contributed by atoms with van der Waals surface area (Å²) in [5.74, 6) is -0.351. The van der Waals surface area contributed by atoms with E-state index in [1.807, 2.05) is 55.5 Å². The van der Waals surface area contributed by atoms with E-state index in [1.165, 1.54) is 0 Å². The minimum Gasteiger partial charge on any atom is -0.455 e. The van der Waals surface area contributed by atoms with Gasteiger partial charge < -0.3 is 4.74 Å². The molecule has 0 atom stereocenters. The highest BCUT2D eigenvalue weighted by molar-refractivity contribution is 7.18. The smallest absolute Gasteiger partial charge is 0.339 e. The van der Waals surface area contributed by atoms with Crippen molar-refractivity contribution in [1.82, 2.24) is 9.97 Å². The van der Waals surface area contributed by atoms with E-state index in [4.69, 9.17) is 4.74 Å². The summed E-state index contributed by atoms with van der Waals surface area (Å²) in [6, 6.07) is 17.2. The number of nitrogens with zero attached hydrogens (tertiary/aromatic N) is 2. The van der Waals surface area contributed by atoms with Gasteiger partial charge >= 0.3 is 5.97 Å². The van der Waals surface area contributed by atoms with Crippen LogP contribution in [0.1, 0.15) is 21.1 Å². The summed E-state index contributed by atoms with van der Waals surface area (Å²) in [5, 5.41) is 1.59. The lowest BCUT2D eigenvalue weighted by atomic mass is 10.1. The van der Waals surface area contributed by atoms with E-state index in [9.17, 15) is 4.79 Å². The Kier molecular flexibility index (Phi) is 3.70. The Morgan fingerprint density at radius 3 is 2.62 bits per heavy atom. The molecule has 0 aliphatic rings. The predicted molar refractivity (Wildman–Crippen MR) is 95.2 cm³/mol. The fourth-order valence-electron chi connectivity index (χ4n) is 2.66. The molecule has 24 heavy (non-hydrogen) atoms. The average Bonchev–Trinajstić information content (AvgIpc) is 3.02. The lowest BCUT2D eigenvalue weighted by Crippen LogP contribution is -2.07. The third kappa shape index (κ3) is 2.74. The van der Waals surface area contributed by atoms with E-state index in [0.29, 0.717) is 5.56 Å². The summed E-state index contributed by atoms with van der Waals surface area (Å²) < 4.78 is 6.58. The van der Waals surface area contributed by atoms with Gasteiger partial charge in [-0.1, -0.05) is 30.3 Å². The van der Waals surface area contributed by atoms with Crippen molar-refractivity contribution in [2.75, 3.05) is 0 Å². The summed E-state index contributed by atoms with van der Waals surface area (Å²) in [5.41, 5.74) is 3.06. The number of pyridine rings is 1. The molecule has 0 aliphatic heterocycles. The summed E-state index contributed by atoms with van der Waals surface area (Å²) in [4.78, 5) is 21.5. The molecule has 2 heterocycles. The molecule has 0 N–H and O–H groups in total. The monoisotopic (exact) mass is 334 g/mol. The zero-order chi connectivity index (χ0) is 16.5. The molecule has 0 amide bonds. The second-order valence-electron chi connectivity index (χ2n) is 5.48. The van der Waals surface area contributed by atoms with Crippen LogP contribution in [0.4, 0.5) is 0 Å². The van der Waals surface area contributed by atoms with Crippen LogP contribution in [0.2, 0.25) is 0 Å². The summed E-state index contributed by atoms with van der Waals surface area (Å²) in [7, 11) is 0. The van der Waals surface area contributed by atoms with E-state index in [1.54, 1.807) is 17.4 Å². The fourth-order valence-corrected chi connectivity index (χ4v) is 3.54. The standard InChI is InChI=1S/C19H14N2O2S/c1-12-10-14(13-6-2-3-7-15(13)20-12)19(22)23-11-18-21-16-8-4-5-9-17(16)24-18/h2-10H,11H2,1H3. The Hall–Kier alpha value is -2.79. The maximum atomic E-state index is 12.5. The largest absolute Gasteiger partial charge is 0.455 e. The fraction of sp³-hybridized carbons (Fsp3) is 0.105. The molecular weight excluding hydrogens is 320 g/mol. The number of aromatic nitrogens is 2. The van der Waals surface area contributed by atoms with Crippen LogP contribution in [0, 0.1) is 6.92 Å². The molecule has 4 aromatic rings. The van der Waals surface area contributed by atoms with E-state index < -0.39 is 0 Å². The first-order valence-corrected chi connectivity index (χ1v) is 8.40. The van der Waals surface area contributed by atoms with Crippen molar-refractivity contribution in [3.63, 3.8) is 0 Å². The number of carbonyl (C=O) groups is 1. The second-order valence-corrected chi connectivity index (χ2v) is 6.60. The van der Waals surface area contributed by atoms with Crippen molar-refractivity contribution in [3.8, 4) is 0 Å². The Morgan fingerprint density at radius 1 is 1.04 bits per heavy atom. The normalized spacial score (nSPS) is 11.0. The van der Waals surface area contributed by atoms with E-state index in [2.05, 4.69) is 9.97 Å². The van der Waals surface area contributed by atoms with E-state index in [-0.39, 0.29) is 12.6 Å². The minimum absolute atomic E-state index is 0.174. The SMILES string of the molecule is Cc1cc(C(=O)OCc2nc3ccccc3s2)c2ccccc2n1. The zero-order valence-electron chi connectivity index (χ0n) is 13.0. The molecule has 0 bridgehead atoms. The van der Waals surface area contributed by atoms with Gasteiger partial charge in [0.25, 0.3) is 0 Å². The van der Waals surface area contributed by atoms with Crippen LogP contribution >= 0.6 is 11.3 Å². The zero-order valence-corrected chi connectivity index (χ0v) is 13.8. The van der Waals surface area contributed by atoms with Crippen LogP contribution in [-0.2, 0) is 11.3 Å². The van der Waals surface area contributed by atoms with Crippen LogP contribution in [0.25, 0.3) is 21.1 Å². The van der Waals surface area contributed by atoms with E-state index >= 15 is 0 Å². The second kappa shape index (κ2) is 6.02. The van der Waals surface area contributed by atoms with Crippen molar-refractivity contribution < 1.29 is 9.53 Å². The Labute approximate surface area is 142 Å². The molecule has 0 saturated carbocycles. The summed E-state index contributed by atoms with van der Waals surface area (Å²) in [6.45, 7) is 2.05. The molecule has 0 spiro atoms. The van der Waals surface area contributed by atoms with Crippen LogP contribution in [0.3, 0.4) is 0 Å². The minimum atomic E-state index is -0.351. The van der Waals surface area contributed by atoms with Gasteiger partial charge in [-0.3, -0.25) is 4.98 Å². The number of rotatable bonds is 3. The van der Waals surface area contributed by atoms with Gasteiger partial charge in [-0.15, -0.1) is 11.3 Å². The van der Waals surface area contributed by atoms with Gasteiger partial charge in [-0.2, -0.15) is 0 Å². The van der Waals surface area contributed by atoms with Crippen LogP contribution in [0.15, 0.2) is 54.6 Å². The molecule has 0 radical (unpaired) electrons. The number of hydrogen-bond donors (Lipinski definition) is 0. The first kappa shape index (κ1) is 14.8. The molecular formula is C19H14N2O2S. The highest BCUT2D eigenvalue weighted by atomic mass is 32.1. The van der Waals surface area contributed by atoms with Crippen LogP contribution in [0.5, 0.6) is 0 Å². The number of para-hydroxylation sites is 2. The quantitative estimate of drug-likeness (QED) is 0.517. The molecule has 118 valence electrons. The van der Waals surface area contributed by atoms with Crippen molar-refractivity contribution in [3.05, 3.63) is 70.9 Å². The number of esters is 1. The van der Waals surface area contributed by atoms with Gasteiger partial charge in [0.1, 0.15) is 11.6 Å². The molecule has 4 nitrogen and oxygen atoms in total. The van der Waals surface area contributed by atoms with Crippen molar-refractivity contribution in [2.45, 2.75) is 13.5 Å². The van der Waals surface area contributed by atoms with Crippen molar-refractivity contribution in [1.29, 1.82) is 0 Å². The molecule has 2 aromatic heterocycles.